The first kappa shape index (κ1) is 22.5. The van der Waals surface area contributed by atoms with Crippen LogP contribution in [-0.4, -0.2) is 45.2 Å². The number of alkyl halides is 2. The molecule has 0 radical (unpaired) electrons. The van der Waals surface area contributed by atoms with Crippen molar-refractivity contribution < 1.29 is 22.8 Å². The van der Waals surface area contributed by atoms with Gasteiger partial charge in [0.05, 0.1) is 17.2 Å². The summed E-state index contributed by atoms with van der Waals surface area (Å²) < 4.78 is 40.6. The predicted molar refractivity (Wildman–Crippen MR) is 116 cm³/mol. The number of halogens is 3. The second-order valence-corrected chi connectivity index (χ2v) is 7.91. The van der Waals surface area contributed by atoms with E-state index in [9.17, 15) is 22.8 Å². The summed E-state index contributed by atoms with van der Waals surface area (Å²) in [5.41, 5.74) is 2.03. The molecule has 2 heterocycles. The lowest BCUT2D eigenvalue weighted by atomic mass is 9.96. The molecule has 0 aliphatic carbocycles. The standard InChI is InChI=1S/C23H22F3N5O2/c1-12(16-4-3-5-17(20(16)24)22(25)26)27-23(33)18-10-15(11-19-21(18)29-30-28-19)14-6-8-31(9-7-14)13(2)32/h3-6,10-12,22H,7-9H2,1-2H3,(H,27,33)(H,28,29,30)/t12-/m1/s1. The Morgan fingerprint density at radius 2 is 1.94 bits per heavy atom. The number of carbonyl (C=O) groups excluding carboxylic acids is 2. The van der Waals surface area contributed by atoms with Crippen LogP contribution in [0.2, 0.25) is 0 Å². The number of benzene rings is 2. The third-order valence-electron chi connectivity index (χ3n) is 5.80. The molecule has 3 aromatic rings. The molecule has 0 unspecified atom stereocenters. The van der Waals surface area contributed by atoms with Crippen molar-refractivity contribution in [1.29, 1.82) is 0 Å². The number of hydrogen-bond donors (Lipinski definition) is 2. The fourth-order valence-corrected chi connectivity index (χ4v) is 3.95. The zero-order chi connectivity index (χ0) is 23.7. The summed E-state index contributed by atoms with van der Waals surface area (Å²) in [6.07, 6.45) is -0.407. The van der Waals surface area contributed by atoms with Crippen LogP contribution in [0.5, 0.6) is 0 Å². The number of rotatable bonds is 5. The number of carbonyl (C=O) groups is 2. The van der Waals surface area contributed by atoms with E-state index >= 15 is 0 Å². The van der Waals surface area contributed by atoms with Gasteiger partial charge in [0.2, 0.25) is 5.91 Å². The van der Waals surface area contributed by atoms with Crippen LogP contribution in [0.4, 0.5) is 13.2 Å². The van der Waals surface area contributed by atoms with Crippen molar-refractivity contribution in [2.24, 2.45) is 0 Å². The minimum atomic E-state index is -2.96. The van der Waals surface area contributed by atoms with Gasteiger partial charge in [0, 0.05) is 25.6 Å². The first-order chi connectivity index (χ1) is 15.8. The SMILES string of the molecule is CC(=O)N1CC=C(c2cc(C(=O)N[C@H](C)c3cccc(C(F)F)c3F)c3n[nH]nc3c2)CC1. The Bertz CT molecular complexity index is 1250. The minimum absolute atomic E-state index is 0.00514. The molecule has 10 heteroatoms. The van der Waals surface area contributed by atoms with E-state index < -0.39 is 29.8 Å². The zero-order valence-electron chi connectivity index (χ0n) is 18.0. The van der Waals surface area contributed by atoms with Crippen LogP contribution in [0, 0.1) is 5.82 Å². The molecular formula is C23H22F3N5O2. The fraction of sp³-hybridized carbons (Fsp3) is 0.304. The van der Waals surface area contributed by atoms with Crippen LogP contribution in [0.1, 0.15) is 59.8 Å². The largest absolute Gasteiger partial charge is 0.345 e. The maximum atomic E-state index is 14.5. The number of aromatic nitrogens is 3. The Morgan fingerprint density at radius 1 is 1.18 bits per heavy atom. The highest BCUT2D eigenvalue weighted by molar-refractivity contribution is 6.06. The number of H-pyrrole nitrogens is 1. The van der Waals surface area contributed by atoms with Gasteiger partial charge in [0.25, 0.3) is 12.3 Å². The summed E-state index contributed by atoms with van der Waals surface area (Å²) in [4.78, 5) is 26.4. The number of hydrogen-bond acceptors (Lipinski definition) is 4. The summed E-state index contributed by atoms with van der Waals surface area (Å²) in [5.74, 6) is -1.58. The van der Waals surface area contributed by atoms with E-state index in [0.717, 1.165) is 17.2 Å². The monoisotopic (exact) mass is 457 g/mol. The molecule has 2 N–H and O–H groups in total. The van der Waals surface area contributed by atoms with Gasteiger partial charge in [-0.3, -0.25) is 9.59 Å². The van der Waals surface area contributed by atoms with Gasteiger partial charge in [-0.15, -0.1) is 0 Å². The average molecular weight is 457 g/mol. The number of fused-ring (bicyclic) bond motifs is 1. The van der Waals surface area contributed by atoms with E-state index in [0.29, 0.717) is 30.5 Å². The van der Waals surface area contributed by atoms with Crippen molar-refractivity contribution in [3.63, 3.8) is 0 Å². The molecule has 1 aromatic heterocycles. The molecule has 172 valence electrons. The van der Waals surface area contributed by atoms with E-state index in [1.807, 2.05) is 6.08 Å². The molecule has 0 spiro atoms. The fourth-order valence-electron chi connectivity index (χ4n) is 3.95. The van der Waals surface area contributed by atoms with Gasteiger partial charge in [0.15, 0.2) is 0 Å². The molecule has 0 saturated heterocycles. The molecule has 0 bridgehead atoms. The van der Waals surface area contributed by atoms with Crippen molar-refractivity contribution in [2.45, 2.75) is 32.7 Å². The van der Waals surface area contributed by atoms with Crippen LogP contribution < -0.4 is 5.32 Å². The van der Waals surface area contributed by atoms with Gasteiger partial charge < -0.3 is 10.2 Å². The normalized spacial score (nSPS) is 15.0. The van der Waals surface area contributed by atoms with Gasteiger partial charge in [-0.25, -0.2) is 13.2 Å². The third kappa shape index (κ3) is 4.46. The summed E-state index contributed by atoms with van der Waals surface area (Å²) in [7, 11) is 0. The highest BCUT2D eigenvalue weighted by atomic mass is 19.3. The zero-order valence-corrected chi connectivity index (χ0v) is 18.0. The molecule has 0 saturated carbocycles. The molecule has 4 rings (SSSR count). The Kier molecular flexibility index (Phi) is 6.17. The molecule has 7 nitrogen and oxygen atoms in total. The van der Waals surface area contributed by atoms with Crippen LogP contribution in [0.25, 0.3) is 16.6 Å². The summed E-state index contributed by atoms with van der Waals surface area (Å²) in [6, 6.07) is 6.33. The summed E-state index contributed by atoms with van der Waals surface area (Å²) >= 11 is 0. The maximum Gasteiger partial charge on any atom is 0.266 e. The number of amides is 2. The first-order valence-corrected chi connectivity index (χ1v) is 10.4. The molecule has 1 aliphatic heterocycles. The first-order valence-electron chi connectivity index (χ1n) is 10.4. The second kappa shape index (κ2) is 9.05. The van der Waals surface area contributed by atoms with Crippen LogP contribution in [-0.2, 0) is 4.79 Å². The summed E-state index contributed by atoms with van der Waals surface area (Å²) in [6.45, 7) is 4.08. The highest BCUT2D eigenvalue weighted by Gasteiger charge is 2.23. The smallest absolute Gasteiger partial charge is 0.266 e. The van der Waals surface area contributed by atoms with E-state index in [1.165, 1.54) is 26.0 Å². The lowest BCUT2D eigenvalue weighted by Crippen LogP contribution is -2.32. The van der Waals surface area contributed by atoms with Gasteiger partial charge in [0.1, 0.15) is 16.9 Å². The van der Waals surface area contributed by atoms with Gasteiger partial charge in [-0.05, 0) is 36.6 Å². The van der Waals surface area contributed by atoms with Crippen LogP contribution in [0.15, 0.2) is 36.4 Å². The lowest BCUT2D eigenvalue weighted by Gasteiger charge is -2.25. The third-order valence-corrected chi connectivity index (χ3v) is 5.80. The van der Waals surface area contributed by atoms with E-state index in [4.69, 9.17) is 0 Å². The Hall–Kier alpha value is -3.69. The number of aromatic amines is 1. The molecule has 1 atom stereocenters. The van der Waals surface area contributed by atoms with Crippen molar-refractivity contribution in [3.8, 4) is 0 Å². The van der Waals surface area contributed by atoms with Gasteiger partial charge in [-0.2, -0.15) is 15.4 Å². The topological polar surface area (TPSA) is 91.0 Å². The van der Waals surface area contributed by atoms with Gasteiger partial charge in [-0.1, -0.05) is 24.3 Å². The minimum Gasteiger partial charge on any atom is -0.345 e. The molecule has 2 aromatic carbocycles. The average Bonchev–Trinajstić information content (AvgIpc) is 3.27. The molecule has 0 fully saturated rings. The Morgan fingerprint density at radius 3 is 2.61 bits per heavy atom. The highest BCUT2D eigenvalue weighted by Crippen LogP contribution is 2.29. The predicted octanol–water partition coefficient (Wildman–Crippen LogP) is 4.16. The Balaban J connectivity index is 1.63. The van der Waals surface area contributed by atoms with E-state index in [1.54, 1.807) is 17.0 Å². The quantitative estimate of drug-likeness (QED) is 0.602. The number of nitrogens with one attached hydrogen (secondary N) is 2. The van der Waals surface area contributed by atoms with Crippen LogP contribution >= 0.6 is 0 Å². The lowest BCUT2D eigenvalue weighted by molar-refractivity contribution is -0.128. The van der Waals surface area contributed by atoms with Crippen molar-refractivity contribution in [1.82, 2.24) is 25.6 Å². The molecule has 33 heavy (non-hydrogen) atoms. The summed E-state index contributed by atoms with van der Waals surface area (Å²) in [5, 5.41) is 13.3. The Labute approximate surface area is 187 Å². The molecule has 1 aliphatic rings. The number of nitrogens with zero attached hydrogens (tertiary/aromatic N) is 3. The van der Waals surface area contributed by atoms with Crippen molar-refractivity contribution >= 4 is 28.4 Å². The molecule has 2 amide bonds. The van der Waals surface area contributed by atoms with E-state index in [2.05, 4.69) is 20.7 Å². The van der Waals surface area contributed by atoms with Crippen molar-refractivity contribution in [2.75, 3.05) is 13.1 Å². The van der Waals surface area contributed by atoms with Crippen LogP contribution in [0.3, 0.4) is 0 Å². The second-order valence-electron chi connectivity index (χ2n) is 7.91. The van der Waals surface area contributed by atoms with E-state index in [-0.39, 0.29) is 17.0 Å². The maximum absolute atomic E-state index is 14.5. The van der Waals surface area contributed by atoms with Crippen molar-refractivity contribution in [3.05, 3.63) is 64.5 Å². The van der Waals surface area contributed by atoms with Gasteiger partial charge >= 0.3 is 0 Å². The molecular weight excluding hydrogens is 435 g/mol.